The number of benzene rings is 1. The summed E-state index contributed by atoms with van der Waals surface area (Å²) < 4.78 is 0. The number of nitrogens with zero attached hydrogens (tertiary/aromatic N) is 1. The zero-order valence-electron chi connectivity index (χ0n) is 13.9. The summed E-state index contributed by atoms with van der Waals surface area (Å²) in [5.41, 5.74) is 1.52. The van der Waals surface area contributed by atoms with E-state index in [1.54, 1.807) is 12.1 Å². The first-order valence-electron chi connectivity index (χ1n) is 8.38. The molecule has 0 aromatic heterocycles. The Balaban J connectivity index is 2.11. The van der Waals surface area contributed by atoms with Crippen LogP contribution >= 0.6 is 0 Å². The third-order valence-electron chi connectivity index (χ3n) is 4.10. The van der Waals surface area contributed by atoms with Crippen molar-refractivity contribution in [3.8, 4) is 12.3 Å². The van der Waals surface area contributed by atoms with E-state index in [4.69, 9.17) is 6.42 Å². The summed E-state index contributed by atoms with van der Waals surface area (Å²) in [6.45, 7) is 6.45. The summed E-state index contributed by atoms with van der Waals surface area (Å²) in [6.07, 6.45) is 5.38. The zero-order chi connectivity index (χ0) is 17.2. The van der Waals surface area contributed by atoms with Crippen LogP contribution in [0.5, 0.6) is 0 Å². The number of carbonyl (C=O) groups is 1. The molecule has 0 aliphatic carbocycles. The van der Waals surface area contributed by atoms with E-state index in [1.165, 1.54) is 0 Å². The molecule has 0 bridgehead atoms. The molecule has 6 heteroatoms. The minimum absolute atomic E-state index is 0.665. The van der Waals surface area contributed by atoms with E-state index in [0.717, 1.165) is 50.4 Å². The van der Waals surface area contributed by atoms with Gasteiger partial charge >= 0.3 is 5.97 Å². The Kier molecular flexibility index (Phi) is 7.72. The molecule has 1 unspecified atom stereocenters. The van der Waals surface area contributed by atoms with Gasteiger partial charge in [0.1, 0.15) is 6.04 Å². The van der Waals surface area contributed by atoms with Crippen molar-refractivity contribution < 1.29 is 9.90 Å². The fraction of sp³-hybridized carbons (Fsp3) is 0.500. The third-order valence-corrected chi connectivity index (χ3v) is 4.10. The van der Waals surface area contributed by atoms with Crippen LogP contribution < -0.4 is 16.0 Å². The largest absolute Gasteiger partial charge is 0.480 e. The van der Waals surface area contributed by atoms with E-state index in [1.807, 2.05) is 17.0 Å². The highest BCUT2D eigenvalue weighted by atomic mass is 16.4. The van der Waals surface area contributed by atoms with Crippen molar-refractivity contribution in [3.05, 3.63) is 35.4 Å². The summed E-state index contributed by atoms with van der Waals surface area (Å²) in [6, 6.07) is 6.55. The van der Waals surface area contributed by atoms with Crippen LogP contribution in [0.4, 0.5) is 0 Å². The summed E-state index contributed by atoms with van der Waals surface area (Å²) >= 11 is 0. The molecule has 1 fully saturated rings. The van der Waals surface area contributed by atoms with Gasteiger partial charge in [-0.2, -0.15) is 0 Å². The third kappa shape index (κ3) is 5.62. The van der Waals surface area contributed by atoms with Gasteiger partial charge in [-0.15, -0.1) is 6.42 Å². The van der Waals surface area contributed by atoms with Gasteiger partial charge in [0.25, 0.3) is 0 Å². The number of rotatable bonds is 3. The second kappa shape index (κ2) is 10.1. The summed E-state index contributed by atoms with van der Waals surface area (Å²) in [4.78, 5) is 13.9. The zero-order valence-corrected chi connectivity index (χ0v) is 13.9. The Hall–Kier alpha value is -1.91. The van der Waals surface area contributed by atoms with Crippen molar-refractivity contribution in [1.29, 1.82) is 0 Å². The monoisotopic (exact) mass is 330 g/mol. The lowest BCUT2D eigenvalue weighted by molar-refractivity contribution is -0.143. The van der Waals surface area contributed by atoms with Gasteiger partial charge in [-0.05, 0) is 17.7 Å². The van der Waals surface area contributed by atoms with Gasteiger partial charge in [0, 0.05) is 57.9 Å². The maximum atomic E-state index is 11.9. The molecule has 2 rings (SSSR count). The summed E-state index contributed by atoms with van der Waals surface area (Å²) in [5.74, 6) is 1.73. The number of aliphatic carboxylic acids is 1. The van der Waals surface area contributed by atoms with Crippen molar-refractivity contribution in [1.82, 2.24) is 20.9 Å². The normalized spacial score (nSPS) is 19.5. The molecule has 1 atom stereocenters. The van der Waals surface area contributed by atoms with Crippen LogP contribution in [-0.4, -0.2) is 68.3 Å². The molecule has 4 N–H and O–H groups in total. The van der Waals surface area contributed by atoms with Gasteiger partial charge in [-0.3, -0.25) is 9.69 Å². The molecule has 1 heterocycles. The van der Waals surface area contributed by atoms with Gasteiger partial charge in [-0.25, -0.2) is 0 Å². The molecule has 1 saturated heterocycles. The molecule has 1 aliphatic heterocycles. The van der Waals surface area contributed by atoms with Gasteiger partial charge in [-0.1, -0.05) is 18.1 Å². The standard InChI is InChI=1S/C18H26N4O2/c1-2-15-3-5-16(6-4-15)17(18(23)24)22-13-11-20-9-7-19-8-10-21-12-14-22/h1,3-6,17,19-21H,7-14H2,(H,23,24). The number of hydrogen-bond acceptors (Lipinski definition) is 5. The van der Waals surface area contributed by atoms with Crippen LogP contribution in [0.3, 0.4) is 0 Å². The molecule has 6 nitrogen and oxygen atoms in total. The van der Waals surface area contributed by atoms with Gasteiger partial charge in [0.05, 0.1) is 0 Å². The van der Waals surface area contributed by atoms with Crippen molar-refractivity contribution in [2.24, 2.45) is 0 Å². The van der Waals surface area contributed by atoms with Crippen molar-refractivity contribution in [2.75, 3.05) is 52.4 Å². The molecule has 0 spiro atoms. The smallest absolute Gasteiger partial charge is 0.325 e. The van der Waals surface area contributed by atoms with E-state index >= 15 is 0 Å². The molecule has 0 saturated carbocycles. The van der Waals surface area contributed by atoms with Crippen LogP contribution in [0.15, 0.2) is 24.3 Å². The Morgan fingerprint density at radius 2 is 1.50 bits per heavy atom. The highest BCUT2D eigenvalue weighted by Gasteiger charge is 2.26. The van der Waals surface area contributed by atoms with Crippen molar-refractivity contribution >= 4 is 5.97 Å². The van der Waals surface area contributed by atoms with Crippen LogP contribution in [-0.2, 0) is 4.79 Å². The lowest BCUT2D eigenvalue weighted by atomic mass is 10.0. The highest BCUT2D eigenvalue weighted by molar-refractivity contribution is 5.75. The highest BCUT2D eigenvalue weighted by Crippen LogP contribution is 2.21. The van der Waals surface area contributed by atoms with Gasteiger partial charge in [0.15, 0.2) is 0 Å². The Bertz CT molecular complexity index is 541. The SMILES string of the molecule is C#Cc1ccc(C(C(=O)O)N2CCNCCNCCNCC2)cc1. The molecule has 1 aromatic carbocycles. The maximum Gasteiger partial charge on any atom is 0.325 e. The predicted octanol–water partition coefficient (Wildman–Crippen LogP) is -0.122. The summed E-state index contributed by atoms with van der Waals surface area (Å²) in [7, 11) is 0. The second-order valence-corrected chi connectivity index (χ2v) is 5.79. The minimum atomic E-state index is -0.836. The van der Waals surface area contributed by atoms with E-state index in [2.05, 4.69) is 21.9 Å². The van der Waals surface area contributed by atoms with E-state index in [9.17, 15) is 9.90 Å². The lowest BCUT2D eigenvalue weighted by Crippen LogP contribution is -2.44. The summed E-state index contributed by atoms with van der Waals surface area (Å²) in [5, 5.41) is 19.8. The van der Waals surface area contributed by atoms with Gasteiger partial charge in [0.2, 0.25) is 0 Å². The lowest BCUT2D eigenvalue weighted by Gasteiger charge is -2.30. The van der Waals surface area contributed by atoms with Crippen LogP contribution in [0.2, 0.25) is 0 Å². The first-order chi connectivity index (χ1) is 11.7. The van der Waals surface area contributed by atoms with Crippen LogP contribution in [0.1, 0.15) is 17.2 Å². The molecule has 1 aliphatic rings. The molecule has 1 aromatic rings. The van der Waals surface area contributed by atoms with Gasteiger partial charge < -0.3 is 21.1 Å². The Labute approximate surface area is 143 Å². The fourth-order valence-electron chi connectivity index (χ4n) is 2.82. The quantitative estimate of drug-likeness (QED) is 0.579. The molecular weight excluding hydrogens is 304 g/mol. The predicted molar refractivity (Wildman–Crippen MR) is 94.9 cm³/mol. The topological polar surface area (TPSA) is 76.6 Å². The molecule has 0 amide bonds. The first-order valence-corrected chi connectivity index (χ1v) is 8.38. The Morgan fingerprint density at radius 1 is 1.00 bits per heavy atom. The average Bonchev–Trinajstić information content (AvgIpc) is 2.57. The van der Waals surface area contributed by atoms with Crippen LogP contribution in [0, 0.1) is 12.3 Å². The number of hydrogen-bond donors (Lipinski definition) is 4. The van der Waals surface area contributed by atoms with Crippen molar-refractivity contribution in [3.63, 3.8) is 0 Å². The first kappa shape index (κ1) is 18.4. The van der Waals surface area contributed by atoms with E-state index in [0.29, 0.717) is 13.1 Å². The number of terminal acetylenes is 1. The molecule has 130 valence electrons. The average molecular weight is 330 g/mol. The maximum absolute atomic E-state index is 11.9. The van der Waals surface area contributed by atoms with E-state index < -0.39 is 12.0 Å². The Morgan fingerprint density at radius 3 is 1.96 bits per heavy atom. The van der Waals surface area contributed by atoms with Crippen LogP contribution in [0.25, 0.3) is 0 Å². The number of carboxylic acids is 1. The fourth-order valence-corrected chi connectivity index (χ4v) is 2.82. The number of carboxylic acid groups (broad SMARTS) is 1. The molecular formula is C18H26N4O2. The van der Waals surface area contributed by atoms with E-state index in [-0.39, 0.29) is 0 Å². The van der Waals surface area contributed by atoms with Crippen molar-refractivity contribution in [2.45, 2.75) is 6.04 Å². The molecule has 24 heavy (non-hydrogen) atoms. The number of nitrogens with one attached hydrogen (secondary N) is 3. The second-order valence-electron chi connectivity index (χ2n) is 5.79. The molecule has 0 radical (unpaired) electrons. The minimum Gasteiger partial charge on any atom is -0.480 e.